The molecule has 0 aliphatic heterocycles. The Morgan fingerprint density at radius 2 is 1.10 bits per heavy atom. The van der Waals surface area contributed by atoms with Gasteiger partial charge in [0.2, 0.25) is 0 Å². The number of benzene rings is 4. The molecule has 0 bridgehead atoms. The maximum absolute atomic E-state index is 14.4. The third-order valence-corrected chi connectivity index (χ3v) is 20.9. The molecule has 0 spiro atoms. The van der Waals surface area contributed by atoms with Crippen molar-refractivity contribution in [3.63, 3.8) is 0 Å². The Morgan fingerprint density at radius 3 is 1.56 bits per heavy atom. The van der Waals surface area contributed by atoms with Gasteiger partial charge in [-0.05, 0) is 0 Å². The maximum atomic E-state index is 14.4. The van der Waals surface area contributed by atoms with E-state index in [0.717, 1.165) is 38.3 Å². The van der Waals surface area contributed by atoms with Crippen LogP contribution in [0.1, 0.15) is 93.9 Å². The van der Waals surface area contributed by atoms with Crippen LogP contribution in [-0.4, -0.2) is 24.3 Å². The van der Waals surface area contributed by atoms with Crippen LogP contribution in [0, 0.1) is 22.7 Å². The first-order chi connectivity index (χ1) is 23.8. The summed E-state index contributed by atoms with van der Waals surface area (Å²) >= 11 is 4.72. The fourth-order valence-electron chi connectivity index (χ4n) is 8.89. The summed E-state index contributed by atoms with van der Waals surface area (Å²) in [5.41, 5.74) is 1.43. The molecule has 0 saturated heterocycles. The number of Topliss-reactive ketones (excluding diaryl/α,β-unsaturated/α-hetero) is 2. The number of halogens is 1. The van der Waals surface area contributed by atoms with Gasteiger partial charge < -0.3 is 0 Å². The van der Waals surface area contributed by atoms with Crippen molar-refractivity contribution in [2.45, 2.75) is 73.1 Å². The first-order valence-corrected chi connectivity index (χ1v) is 22.7. The van der Waals surface area contributed by atoms with Crippen LogP contribution >= 0.6 is 20.8 Å². The number of carbonyl (C=O) groups excluding carboxylic acids is 2. The summed E-state index contributed by atoms with van der Waals surface area (Å²) < 4.78 is 6.96. The second-order valence-electron chi connectivity index (χ2n) is 16.4. The SMILES string of the molecule is CC(C)(C)CC(C)(C)C(COC1=C(C2CCCCC2)C(=O)c2ccccc2C1=O)CP(Br)(c1ccccc1)(c1ccccc1)c1ccccc1. The van der Waals surface area contributed by atoms with Crippen LogP contribution in [0.25, 0.3) is 0 Å². The van der Waals surface area contributed by atoms with E-state index in [1.54, 1.807) is 12.1 Å². The molecular formula is C45H52BrO3P. The molecule has 5 heteroatoms. The molecule has 1 saturated carbocycles. The van der Waals surface area contributed by atoms with Crippen LogP contribution in [-0.2, 0) is 4.74 Å². The minimum atomic E-state index is -3.37. The van der Waals surface area contributed by atoms with Gasteiger partial charge in [-0.1, -0.05) is 0 Å². The predicted octanol–water partition coefficient (Wildman–Crippen LogP) is 10.8. The van der Waals surface area contributed by atoms with Gasteiger partial charge in [0.1, 0.15) is 0 Å². The summed E-state index contributed by atoms with van der Waals surface area (Å²) in [6, 6.07) is 40.0. The Morgan fingerprint density at radius 1 is 0.660 bits per heavy atom. The summed E-state index contributed by atoms with van der Waals surface area (Å²) in [7, 11) is 0. The molecule has 3 nitrogen and oxygen atoms in total. The van der Waals surface area contributed by atoms with Crippen molar-refractivity contribution < 1.29 is 14.3 Å². The van der Waals surface area contributed by atoms with Crippen molar-refractivity contribution in [1.82, 2.24) is 0 Å². The van der Waals surface area contributed by atoms with Crippen molar-refractivity contribution in [1.29, 1.82) is 0 Å². The monoisotopic (exact) mass is 750 g/mol. The van der Waals surface area contributed by atoms with Crippen LogP contribution in [0.4, 0.5) is 0 Å². The molecule has 0 N–H and O–H groups in total. The second kappa shape index (κ2) is 14.4. The van der Waals surface area contributed by atoms with Crippen molar-refractivity contribution in [2.24, 2.45) is 22.7 Å². The fraction of sp³-hybridized carbons (Fsp3) is 0.378. The van der Waals surface area contributed by atoms with Crippen LogP contribution < -0.4 is 15.9 Å². The molecule has 1 unspecified atom stereocenters. The number of fused-ring (bicyclic) bond motifs is 1. The van der Waals surface area contributed by atoms with Crippen molar-refractivity contribution >= 4 is 48.3 Å². The number of carbonyl (C=O) groups is 2. The normalized spacial score (nSPS) is 17.5. The zero-order chi connectivity index (χ0) is 35.6. The molecule has 0 aromatic heterocycles. The van der Waals surface area contributed by atoms with E-state index in [0.29, 0.717) is 23.3 Å². The van der Waals surface area contributed by atoms with E-state index in [4.69, 9.17) is 20.2 Å². The number of allylic oxidation sites excluding steroid dienone is 2. The van der Waals surface area contributed by atoms with Crippen LogP contribution in [0.5, 0.6) is 0 Å². The topological polar surface area (TPSA) is 43.4 Å². The van der Waals surface area contributed by atoms with Crippen LogP contribution in [0.15, 0.2) is 127 Å². The molecule has 4 aromatic carbocycles. The summed E-state index contributed by atoms with van der Waals surface area (Å²) in [5, 5.41) is 0.405. The predicted molar refractivity (Wildman–Crippen MR) is 215 cm³/mol. The molecule has 0 amide bonds. The molecule has 4 aromatic rings. The molecule has 2 aliphatic carbocycles. The van der Waals surface area contributed by atoms with E-state index in [2.05, 4.69) is 126 Å². The van der Waals surface area contributed by atoms with E-state index in [1.807, 2.05) is 12.1 Å². The average Bonchev–Trinajstić information content (AvgIpc) is 3.12. The molecule has 2 aliphatic rings. The van der Waals surface area contributed by atoms with E-state index in [1.165, 1.54) is 22.3 Å². The Bertz CT molecular complexity index is 1750. The van der Waals surface area contributed by atoms with Gasteiger partial charge >= 0.3 is 309 Å². The van der Waals surface area contributed by atoms with E-state index in [-0.39, 0.29) is 40.0 Å². The summed E-state index contributed by atoms with van der Waals surface area (Å²) in [4.78, 5) is 28.6. The number of ether oxygens (including phenoxy) is 1. The summed E-state index contributed by atoms with van der Waals surface area (Å²) in [6.45, 7) is 12.0. The molecule has 0 heterocycles. The van der Waals surface area contributed by atoms with E-state index < -0.39 is 5.31 Å². The molecule has 0 radical (unpaired) electrons. The number of rotatable bonds is 11. The van der Waals surface area contributed by atoms with Gasteiger partial charge in [0.25, 0.3) is 0 Å². The van der Waals surface area contributed by atoms with Gasteiger partial charge in [-0.2, -0.15) is 0 Å². The minimum absolute atomic E-state index is 0.000404. The third kappa shape index (κ3) is 6.96. The zero-order valence-corrected chi connectivity index (χ0v) is 32.8. The number of ketones is 2. The third-order valence-electron chi connectivity index (χ3n) is 11.1. The number of hydrogen-bond donors (Lipinski definition) is 0. The van der Waals surface area contributed by atoms with Crippen LogP contribution in [0.2, 0.25) is 0 Å². The van der Waals surface area contributed by atoms with E-state index in [9.17, 15) is 9.59 Å². The average molecular weight is 752 g/mol. The Labute approximate surface area is 307 Å². The van der Waals surface area contributed by atoms with Crippen molar-refractivity contribution in [3.05, 3.63) is 138 Å². The Balaban J connectivity index is 1.53. The zero-order valence-electron chi connectivity index (χ0n) is 30.3. The molecule has 1 fully saturated rings. The second-order valence-corrected chi connectivity index (χ2v) is 25.4. The van der Waals surface area contributed by atoms with Crippen LogP contribution in [0.3, 0.4) is 0 Å². The van der Waals surface area contributed by atoms with Crippen molar-refractivity contribution in [2.75, 3.05) is 12.8 Å². The molecule has 50 heavy (non-hydrogen) atoms. The summed E-state index contributed by atoms with van der Waals surface area (Å²) in [6.07, 6.45) is 6.85. The first kappa shape index (κ1) is 36.5. The summed E-state index contributed by atoms with van der Waals surface area (Å²) in [5.74, 6) is 0.132. The quantitative estimate of drug-likeness (QED) is 0.143. The molecule has 1 atom stereocenters. The molecule has 6 rings (SSSR count). The molecular weight excluding hydrogens is 699 g/mol. The Hall–Kier alpha value is -3.33. The first-order valence-electron chi connectivity index (χ1n) is 18.3. The fourth-order valence-corrected chi connectivity index (χ4v) is 17.4. The van der Waals surface area contributed by atoms with Gasteiger partial charge in [0.05, 0.1) is 0 Å². The van der Waals surface area contributed by atoms with Gasteiger partial charge in [-0.15, -0.1) is 0 Å². The standard InChI is InChI=1S/C45H52BrO3P/c1-44(2,3)32-45(4,5)34(30-49-43-40(33-20-10-6-11-21-33)41(47)38-28-18-19-29-39(38)42(43)48)31-50(46,35-22-12-7-13-23-35,36-24-14-8-15-25-36)37-26-16-9-17-27-37/h7-9,12-19,22-29,33-34H,6,10-11,20-21,30-32H2,1-5H3. The van der Waals surface area contributed by atoms with Gasteiger partial charge in [-0.3, -0.25) is 0 Å². The van der Waals surface area contributed by atoms with E-state index >= 15 is 0 Å². The van der Waals surface area contributed by atoms with Crippen molar-refractivity contribution in [3.8, 4) is 0 Å². The Kier molecular flexibility index (Phi) is 10.5. The van der Waals surface area contributed by atoms with Gasteiger partial charge in [0.15, 0.2) is 0 Å². The van der Waals surface area contributed by atoms with Gasteiger partial charge in [-0.25, -0.2) is 0 Å². The number of hydrogen-bond acceptors (Lipinski definition) is 3. The van der Waals surface area contributed by atoms with Gasteiger partial charge in [0, 0.05) is 0 Å². The molecule has 262 valence electrons.